The molecule has 14 heavy (non-hydrogen) atoms. The first-order valence-electron chi connectivity index (χ1n) is 3.68. The van der Waals surface area contributed by atoms with Crippen molar-refractivity contribution in [1.82, 2.24) is 0 Å². The Morgan fingerprint density at radius 1 is 1.50 bits per heavy atom. The van der Waals surface area contributed by atoms with E-state index in [1.54, 1.807) is 24.3 Å². The fourth-order valence-electron chi connectivity index (χ4n) is 0.888. The molecule has 6 nitrogen and oxygen atoms in total. The first-order valence-corrected chi connectivity index (χ1v) is 4.75. The van der Waals surface area contributed by atoms with Crippen LogP contribution in [0.4, 0.5) is 5.69 Å². The number of benzene rings is 1. The molecule has 1 rings (SSSR count). The highest BCUT2D eigenvalue weighted by molar-refractivity contribution is 7.80. The van der Waals surface area contributed by atoms with E-state index >= 15 is 0 Å². The molecule has 0 amide bonds. The summed E-state index contributed by atoms with van der Waals surface area (Å²) in [6, 6.07) is 6.56. The van der Waals surface area contributed by atoms with Gasteiger partial charge in [0.15, 0.2) is 0 Å². The molecule has 1 N–H and O–H groups in total. The third kappa shape index (κ3) is 3.44. The highest BCUT2D eigenvalue weighted by Gasteiger charge is 1.92. The van der Waals surface area contributed by atoms with Gasteiger partial charge in [-0.05, 0) is 23.2 Å². The Morgan fingerprint density at radius 3 is 2.64 bits per heavy atom. The van der Waals surface area contributed by atoms with Gasteiger partial charge in [-0.1, -0.05) is 17.2 Å². The standard InChI is InChI=1S/C7H8N4O2S/c8-11-9-5-6-1-3-7(4-2-6)10-14(12)13/h1-4,10H,5H2,(H,12,13)/p-1. The lowest BCUT2D eigenvalue weighted by Crippen LogP contribution is -2.01. The Balaban J connectivity index is 2.68. The van der Waals surface area contributed by atoms with Crippen molar-refractivity contribution < 1.29 is 8.76 Å². The van der Waals surface area contributed by atoms with Gasteiger partial charge in [0, 0.05) is 21.9 Å². The average Bonchev–Trinajstić information content (AvgIpc) is 2.16. The zero-order valence-electron chi connectivity index (χ0n) is 7.08. The lowest BCUT2D eigenvalue weighted by molar-refractivity contribution is 0.542. The van der Waals surface area contributed by atoms with E-state index in [0.29, 0.717) is 5.69 Å². The molecule has 1 unspecified atom stereocenters. The molecule has 0 aliphatic rings. The van der Waals surface area contributed by atoms with Crippen molar-refractivity contribution in [2.24, 2.45) is 5.11 Å². The second-order valence-corrected chi connectivity index (χ2v) is 3.10. The number of azide groups is 1. The van der Waals surface area contributed by atoms with Gasteiger partial charge < -0.3 is 9.27 Å². The Kier molecular flexibility index (Phi) is 3.93. The first-order chi connectivity index (χ1) is 6.72. The zero-order valence-corrected chi connectivity index (χ0v) is 7.90. The second-order valence-electron chi connectivity index (χ2n) is 2.42. The van der Waals surface area contributed by atoms with E-state index in [4.69, 9.17) is 5.53 Å². The fraction of sp³-hybridized carbons (Fsp3) is 0.143. The van der Waals surface area contributed by atoms with Gasteiger partial charge in [-0.15, -0.1) is 0 Å². The monoisotopic (exact) mass is 211 g/mol. The molecule has 1 aromatic carbocycles. The summed E-state index contributed by atoms with van der Waals surface area (Å²) in [6.07, 6.45) is 0. The topological polar surface area (TPSA) is 101 Å². The van der Waals surface area contributed by atoms with E-state index in [1.807, 2.05) is 0 Å². The summed E-state index contributed by atoms with van der Waals surface area (Å²) in [5.74, 6) is 0. The average molecular weight is 211 g/mol. The second kappa shape index (κ2) is 5.23. The summed E-state index contributed by atoms with van der Waals surface area (Å²) < 4.78 is 22.7. The molecule has 0 bridgehead atoms. The zero-order chi connectivity index (χ0) is 10.4. The highest BCUT2D eigenvalue weighted by atomic mass is 32.2. The van der Waals surface area contributed by atoms with Crippen molar-refractivity contribution in [2.75, 3.05) is 4.72 Å². The molecule has 7 heteroatoms. The quantitative estimate of drug-likeness (QED) is 0.354. The molecule has 0 aromatic heterocycles. The minimum Gasteiger partial charge on any atom is -0.755 e. The lowest BCUT2D eigenvalue weighted by atomic mass is 10.2. The maximum atomic E-state index is 10.2. The SMILES string of the molecule is [N-]=[N+]=NCc1ccc(NS(=O)[O-])cc1. The number of hydrogen-bond acceptors (Lipinski definition) is 3. The third-order valence-electron chi connectivity index (χ3n) is 1.47. The molecule has 0 aliphatic heterocycles. The van der Waals surface area contributed by atoms with Crippen molar-refractivity contribution in [3.05, 3.63) is 40.3 Å². The van der Waals surface area contributed by atoms with E-state index in [0.717, 1.165) is 5.56 Å². The Hall–Kier alpha value is -1.56. The number of nitrogens with one attached hydrogen (secondary N) is 1. The summed E-state index contributed by atoms with van der Waals surface area (Å²) >= 11 is -2.31. The van der Waals surface area contributed by atoms with Crippen LogP contribution in [0.1, 0.15) is 5.56 Å². The van der Waals surface area contributed by atoms with E-state index in [9.17, 15) is 8.76 Å². The van der Waals surface area contributed by atoms with E-state index in [1.165, 1.54) is 0 Å². The maximum absolute atomic E-state index is 10.2. The largest absolute Gasteiger partial charge is 0.755 e. The van der Waals surface area contributed by atoms with Crippen molar-refractivity contribution >= 4 is 17.0 Å². The molecule has 74 valence electrons. The van der Waals surface area contributed by atoms with Crippen LogP contribution in [0.25, 0.3) is 10.4 Å². The molecule has 1 aromatic rings. The van der Waals surface area contributed by atoms with Gasteiger partial charge in [-0.2, -0.15) is 0 Å². The summed E-state index contributed by atoms with van der Waals surface area (Å²) in [7, 11) is 0. The van der Waals surface area contributed by atoms with Crippen molar-refractivity contribution in [2.45, 2.75) is 6.54 Å². The summed E-state index contributed by atoms with van der Waals surface area (Å²) in [6.45, 7) is 0.261. The van der Waals surface area contributed by atoms with Crippen molar-refractivity contribution in [3.8, 4) is 0 Å². The number of hydrogen-bond donors (Lipinski definition) is 1. The molecule has 0 fully saturated rings. The van der Waals surface area contributed by atoms with Crippen LogP contribution in [-0.2, 0) is 17.8 Å². The molecule has 1 atom stereocenters. The predicted octanol–water partition coefficient (Wildman–Crippen LogP) is 1.70. The molecule has 0 aliphatic carbocycles. The highest BCUT2D eigenvalue weighted by Crippen LogP contribution is 2.10. The Morgan fingerprint density at radius 2 is 2.14 bits per heavy atom. The lowest BCUT2D eigenvalue weighted by Gasteiger charge is -2.08. The molecule has 0 spiro atoms. The third-order valence-corrected chi connectivity index (χ3v) is 1.87. The van der Waals surface area contributed by atoms with Crippen LogP contribution < -0.4 is 4.72 Å². The summed E-state index contributed by atoms with van der Waals surface area (Å²) in [5.41, 5.74) is 9.36. The van der Waals surface area contributed by atoms with Gasteiger partial charge in [0.25, 0.3) is 0 Å². The Labute approximate surface area is 83.0 Å². The van der Waals surface area contributed by atoms with Crippen molar-refractivity contribution in [3.63, 3.8) is 0 Å². The number of anilines is 1. The molecular formula is C7H7N4O2S-. The summed E-state index contributed by atoms with van der Waals surface area (Å²) in [4.78, 5) is 2.61. The van der Waals surface area contributed by atoms with E-state index in [-0.39, 0.29) is 6.54 Å². The van der Waals surface area contributed by atoms with Gasteiger partial charge in [-0.3, -0.25) is 4.21 Å². The van der Waals surface area contributed by atoms with Gasteiger partial charge in [0.1, 0.15) is 0 Å². The molecular weight excluding hydrogens is 204 g/mol. The number of nitrogens with zero attached hydrogens (tertiary/aromatic N) is 3. The number of rotatable bonds is 4. The summed E-state index contributed by atoms with van der Waals surface area (Å²) in [5, 5.41) is 3.37. The Bertz CT molecular complexity index is 349. The molecule has 0 saturated heterocycles. The van der Waals surface area contributed by atoms with Crippen molar-refractivity contribution in [1.29, 1.82) is 0 Å². The fourth-order valence-corrected chi connectivity index (χ4v) is 1.22. The van der Waals surface area contributed by atoms with Crippen LogP contribution in [0.3, 0.4) is 0 Å². The minimum absolute atomic E-state index is 0.261. The normalized spacial score (nSPS) is 11.5. The van der Waals surface area contributed by atoms with Crippen LogP contribution in [0.5, 0.6) is 0 Å². The van der Waals surface area contributed by atoms with Gasteiger partial charge in [0.05, 0.1) is 6.54 Å². The van der Waals surface area contributed by atoms with Crippen LogP contribution in [0.2, 0.25) is 0 Å². The van der Waals surface area contributed by atoms with Gasteiger partial charge >= 0.3 is 0 Å². The van der Waals surface area contributed by atoms with Gasteiger partial charge in [0.2, 0.25) is 0 Å². The van der Waals surface area contributed by atoms with Crippen LogP contribution >= 0.6 is 0 Å². The molecule has 0 heterocycles. The molecule has 0 saturated carbocycles. The van der Waals surface area contributed by atoms with Crippen LogP contribution in [0.15, 0.2) is 29.4 Å². The maximum Gasteiger partial charge on any atom is 0.0510 e. The first kappa shape index (κ1) is 10.5. The molecule has 0 radical (unpaired) electrons. The van der Waals surface area contributed by atoms with Gasteiger partial charge in [-0.25, -0.2) is 0 Å². The smallest absolute Gasteiger partial charge is 0.0510 e. The predicted molar refractivity (Wildman–Crippen MR) is 51.8 cm³/mol. The van der Waals surface area contributed by atoms with Crippen LogP contribution in [0, 0.1) is 0 Å². The van der Waals surface area contributed by atoms with E-state index in [2.05, 4.69) is 14.7 Å². The minimum atomic E-state index is -2.31. The van der Waals surface area contributed by atoms with E-state index < -0.39 is 11.3 Å². The van der Waals surface area contributed by atoms with Crippen LogP contribution in [-0.4, -0.2) is 8.76 Å².